The number of carbonyl (C=O) groups is 2. The van der Waals surface area contributed by atoms with Gasteiger partial charge in [-0.1, -0.05) is 48.0 Å². The van der Waals surface area contributed by atoms with Gasteiger partial charge in [0.25, 0.3) is 0 Å². The number of ether oxygens (including phenoxy) is 2. The third kappa shape index (κ3) is 5.74. The minimum atomic E-state index is 0.147. The largest absolute Gasteiger partial charge is 0.481 e. The molecule has 2 amide bonds. The van der Waals surface area contributed by atoms with Gasteiger partial charge in [0.1, 0.15) is 5.69 Å². The van der Waals surface area contributed by atoms with Crippen molar-refractivity contribution in [2.24, 2.45) is 10.8 Å². The molecule has 2 aromatic carbocycles. The van der Waals surface area contributed by atoms with Crippen LogP contribution in [-0.4, -0.2) is 113 Å². The molecule has 9 rings (SSSR count). The Morgan fingerprint density at radius 3 is 2.04 bits per heavy atom. The number of rotatable bonds is 8. The molecule has 11 nitrogen and oxygen atoms in total. The Morgan fingerprint density at radius 1 is 0.796 bits per heavy atom. The topological polar surface area (TPSA) is 104 Å². The first-order chi connectivity index (χ1) is 26.0. The number of likely N-dealkylation sites (tertiary alicyclic amines) is 4. The fourth-order valence-electron chi connectivity index (χ4n) is 9.82. The highest BCUT2D eigenvalue weighted by Gasteiger charge is 2.55. The standard InChI is InChI=1S/C42H46ClN7O4/c1-25-29(8-6-9-30(25)33-14-28-12-13-36(37(28)40(45-33)54-5)50-23-42(24-50)21-49(22-42)27(3)52)31-10-7-11-32(38(31)43)34-15-44-35(39(46-34)53-4)16-47-17-41(18-47)19-48(20-41)26(2)51/h6-11,14-15,36H,12-13,16-24H2,1-5H3. The van der Waals surface area contributed by atoms with Crippen molar-refractivity contribution in [1.82, 2.24) is 34.6 Å². The van der Waals surface area contributed by atoms with Crippen LogP contribution >= 0.6 is 11.6 Å². The molecule has 4 aromatic rings. The summed E-state index contributed by atoms with van der Waals surface area (Å²) in [7, 11) is 3.34. The number of hydrogen-bond acceptors (Lipinski definition) is 9. The van der Waals surface area contributed by atoms with Crippen LogP contribution in [0.25, 0.3) is 33.6 Å². The molecule has 6 heterocycles. The average molecular weight is 748 g/mol. The SMILES string of the molecule is COc1nc(-c2cccc(-c3cccc(-c4cc5c(c(OC)n4)C(N4CC6(CN(C(C)=O)C6)C4)CC5)c3C)c2Cl)cnc1CN1CC2(C1)CN(C(C)=O)C2. The van der Waals surface area contributed by atoms with Crippen LogP contribution in [-0.2, 0) is 22.6 Å². The second-order valence-corrected chi connectivity index (χ2v) is 16.7. The third-order valence-electron chi connectivity index (χ3n) is 12.5. The Morgan fingerprint density at radius 2 is 1.39 bits per heavy atom. The molecule has 2 spiro atoms. The molecule has 4 fully saturated rings. The van der Waals surface area contributed by atoms with Gasteiger partial charge < -0.3 is 19.3 Å². The van der Waals surface area contributed by atoms with E-state index in [1.54, 1.807) is 34.3 Å². The fraction of sp³-hybridized carbons (Fsp3) is 0.452. The molecular formula is C42H46ClN7O4. The van der Waals surface area contributed by atoms with E-state index in [-0.39, 0.29) is 28.7 Å². The molecule has 1 atom stereocenters. The number of aromatic nitrogens is 3. The van der Waals surface area contributed by atoms with Crippen LogP contribution in [0.5, 0.6) is 11.8 Å². The first-order valence-electron chi connectivity index (χ1n) is 18.8. The Labute approximate surface area is 321 Å². The number of nitrogens with zero attached hydrogens (tertiary/aromatic N) is 7. The monoisotopic (exact) mass is 747 g/mol. The molecule has 5 aliphatic rings. The number of hydrogen-bond donors (Lipinski definition) is 0. The van der Waals surface area contributed by atoms with Gasteiger partial charge in [-0.3, -0.25) is 24.4 Å². The number of aryl methyl sites for hydroxylation is 1. The fourth-order valence-corrected chi connectivity index (χ4v) is 10.1. The zero-order valence-electron chi connectivity index (χ0n) is 31.6. The number of benzene rings is 2. The summed E-state index contributed by atoms with van der Waals surface area (Å²) < 4.78 is 11.7. The van der Waals surface area contributed by atoms with E-state index in [4.69, 9.17) is 36.0 Å². The van der Waals surface area contributed by atoms with Crippen LogP contribution in [0.2, 0.25) is 5.02 Å². The molecule has 12 heteroatoms. The van der Waals surface area contributed by atoms with Crippen molar-refractivity contribution in [3.63, 3.8) is 0 Å². The van der Waals surface area contributed by atoms with Gasteiger partial charge in [-0.15, -0.1) is 0 Å². The van der Waals surface area contributed by atoms with E-state index in [2.05, 4.69) is 41.0 Å². The van der Waals surface area contributed by atoms with Gasteiger partial charge in [-0.25, -0.2) is 9.97 Å². The maximum atomic E-state index is 11.8. The predicted octanol–water partition coefficient (Wildman–Crippen LogP) is 5.67. The molecule has 1 aliphatic carbocycles. The molecule has 0 bridgehead atoms. The zero-order valence-corrected chi connectivity index (χ0v) is 32.4. The summed E-state index contributed by atoms with van der Waals surface area (Å²) in [6, 6.07) is 14.8. The van der Waals surface area contributed by atoms with Crippen molar-refractivity contribution in [3.8, 4) is 45.4 Å². The molecule has 0 saturated carbocycles. The first-order valence-corrected chi connectivity index (χ1v) is 19.2. The van der Waals surface area contributed by atoms with E-state index in [9.17, 15) is 9.59 Å². The summed E-state index contributed by atoms with van der Waals surface area (Å²) in [6.45, 7) is 13.4. The van der Waals surface area contributed by atoms with Crippen molar-refractivity contribution in [2.75, 3.05) is 66.6 Å². The highest BCUT2D eigenvalue weighted by atomic mass is 35.5. The molecule has 1 unspecified atom stereocenters. The molecule has 4 aliphatic heterocycles. The minimum Gasteiger partial charge on any atom is -0.481 e. The van der Waals surface area contributed by atoms with Gasteiger partial charge in [-0.05, 0) is 42.5 Å². The normalized spacial score (nSPS) is 20.9. The number of methoxy groups -OCH3 is 2. The maximum Gasteiger partial charge on any atom is 0.237 e. The maximum absolute atomic E-state index is 11.8. The van der Waals surface area contributed by atoms with Gasteiger partial charge >= 0.3 is 0 Å². The Kier molecular flexibility index (Phi) is 8.48. The van der Waals surface area contributed by atoms with Gasteiger partial charge in [0.2, 0.25) is 23.6 Å². The van der Waals surface area contributed by atoms with Crippen molar-refractivity contribution < 1.29 is 19.1 Å². The molecular weight excluding hydrogens is 702 g/mol. The molecule has 54 heavy (non-hydrogen) atoms. The molecule has 280 valence electrons. The number of amides is 2. The Balaban J connectivity index is 0.943. The summed E-state index contributed by atoms with van der Waals surface area (Å²) in [5.41, 5.74) is 10.1. The lowest BCUT2D eigenvalue weighted by molar-refractivity contribution is -0.161. The van der Waals surface area contributed by atoms with Crippen molar-refractivity contribution in [3.05, 3.63) is 76.1 Å². The lowest BCUT2D eigenvalue weighted by Gasteiger charge is -2.61. The van der Waals surface area contributed by atoms with E-state index in [1.165, 1.54) is 11.1 Å². The number of halogens is 1. The van der Waals surface area contributed by atoms with Gasteiger partial charge in [0.15, 0.2) is 0 Å². The quantitative estimate of drug-likeness (QED) is 0.226. The Hall–Kier alpha value is -4.58. The van der Waals surface area contributed by atoms with Crippen LogP contribution in [0.15, 0.2) is 48.7 Å². The molecule has 0 N–H and O–H groups in total. The molecule has 2 aromatic heterocycles. The van der Waals surface area contributed by atoms with E-state index in [0.717, 1.165) is 104 Å². The summed E-state index contributed by atoms with van der Waals surface area (Å²) in [5.74, 6) is 1.50. The second kappa shape index (κ2) is 13.0. The highest BCUT2D eigenvalue weighted by Crippen LogP contribution is 2.50. The summed E-state index contributed by atoms with van der Waals surface area (Å²) in [4.78, 5) is 47.0. The van der Waals surface area contributed by atoms with E-state index in [0.29, 0.717) is 29.0 Å². The van der Waals surface area contributed by atoms with Crippen molar-refractivity contribution >= 4 is 23.4 Å². The van der Waals surface area contributed by atoms with Crippen molar-refractivity contribution in [2.45, 2.75) is 46.2 Å². The van der Waals surface area contributed by atoms with Crippen LogP contribution in [0, 0.1) is 17.8 Å². The summed E-state index contributed by atoms with van der Waals surface area (Å²) in [5, 5.41) is 0.596. The van der Waals surface area contributed by atoms with Crippen LogP contribution in [0.4, 0.5) is 0 Å². The molecule has 0 radical (unpaired) electrons. The summed E-state index contributed by atoms with van der Waals surface area (Å²) in [6.07, 6.45) is 3.80. The van der Waals surface area contributed by atoms with Gasteiger partial charge in [0, 0.05) is 112 Å². The third-order valence-corrected chi connectivity index (χ3v) is 12.9. The lowest BCUT2D eigenvalue weighted by atomic mass is 9.72. The highest BCUT2D eigenvalue weighted by molar-refractivity contribution is 6.36. The smallest absolute Gasteiger partial charge is 0.237 e. The van der Waals surface area contributed by atoms with Crippen LogP contribution in [0.1, 0.15) is 48.7 Å². The molecule has 4 saturated heterocycles. The minimum absolute atomic E-state index is 0.147. The predicted molar refractivity (Wildman–Crippen MR) is 206 cm³/mol. The lowest BCUT2D eigenvalue weighted by Crippen LogP contribution is -2.72. The summed E-state index contributed by atoms with van der Waals surface area (Å²) >= 11 is 7.23. The van der Waals surface area contributed by atoms with Crippen LogP contribution < -0.4 is 9.47 Å². The van der Waals surface area contributed by atoms with E-state index < -0.39 is 0 Å². The zero-order chi connectivity index (χ0) is 37.5. The van der Waals surface area contributed by atoms with E-state index in [1.807, 2.05) is 28.0 Å². The number of carbonyl (C=O) groups excluding carboxylic acids is 2. The van der Waals surface area contributed by atoms with Gasteiger partial charge in [0.05, 0.1) is 36.8 Å². The van der Waals surface area contributed by atoms with Crippen molar-refractivity contribution in [1.29, 1.82) is 0 Å². The van der Waals surface area contributed by atoms with Gasteiger partial charge in [-0.2, -0.15) is 0 Å². The second-order valence-electron chi connectivity index (χ2n) is 16.3. The number of fused-ring (bicyclic) bond motifs is 1. The Bertz CT molecular complexity index is 2180. The first kappa shape index (κ1) is 35.1. The number of pyridine rings is 1. The van der Waals surface area contributed by atoms with E-state index >= 15 is 0 Å². The van der Waals surface area contributed by atoms with Crippen LogP contribution in [0.3, 0.4) is 0 Å². The average Bonchev–Trinajstić information content (AvgIpc) is 3.51.